The van der Waals surface area contributed by atoms with Crippen LogP contribution in [0.25, 0.3) is 16.7 Å². The second-order valence-corrected chi connectivity index (χ2v) is 11.4. The molecule has 2 aromatic heterocycles. The first kappa shape index (κ1) is 27.6. The van der Waals surface area contributed by atoms with Crippen molar-refractivity contribution in [3.05, 3.63) is 81.7 Å². The van der Waals surface area contributed by atoms with E-state index in [1.807, 2.05) is 79.9 Å². The molecule has 10 heteroatoms. The third kappa shape index (κ3) is 5.94. The SMILES string of the molecule is COc1cccc(-n2ccc3nc(N4CCC[C@@H](NC(=O)OC(C)(C)C)C4)n(Cc4ccccc4Cl)c3c2=O)c1. The highest BCUT2D eigenvalue weighted by Crippen LogP contribution is 2.27. The molecule has 210 valence electrons. The van der Waals surface area contributed by atoms with Gasteiger partial charge in [-0.2, -0.15) is 0 Å². The Morgan fingerprint density at radius 3 is 2.70 bits per heavy atom. The van der Waals surface area contributed by atoms with E-state index in [4.69, 9.17) is 26.1 Å². The van der Waals surface area contributed by atoms with Gasteiger partial charge in [0.1, 0.15) is 16.9 Å². The first-order valence-corrected chi connectivity index (χ1v) is 13.7. The molecule has 1 aliphatic rings. The Hall–Kier alpha value is -3.98. The molecule has 1 amide bonds. The molecule has 4 aromatic rings. The Morgan fingerprint density at radius 2 is 1.95 bits per heavy atom. The number of amides is 1. The lowest BCUT2D eigenvalue weighted by molar-refractivity contribution is 0.0499. The zero-order valence-electron chi connectivity index (χ0n) is 23.2. The van der Waals surface area contributed by atoms with Crippen LogP contribution in [0.2, 0.25) is 5.02 Å². The van der Waals surface area contributed by atoms with Crippen molar-refractivity contribution in [3.63, 3.8) is 0 Å². The van der Waals surface area contributed by atoms with Crippen molar-refractivity contribution in [1.82, 2.24) is 19.4 Å². The number of methoxy groups -OCH3 is 1. The summed E-state index contributed by atoms with van der Waals surface area (Å²) in [5, 5.41) is 3.61. The summed E-state index contributed by atoms with van der Waals surface area (Å²) in [6.45, 7) is 7.17. The van der Waals surface area contributed by atoms with Gasteiger partial charge in [-0.15, -0.1) is 0 Å². The second-order valence-electron chi connectivity index (χ2n) is 10.9. The topological polar surface area (TPSA) is 90.6 Å². The zero-order chi connectivity index (χ0) is 28.4. The largest absolute Gasteiger partial charge is 0.497 e. The lowest BCUT2D eigenvalue weighted by Gasteiger charge is -2.34. The molecule has 3 heterocycles. The quantitative estimate of drug-likeness (QED) is 0.338. The molecule has 1 N–H and O–H groups in total. The summed E-state index contributed by atoms with van der Waals surface area (Å²) in [6, 6.07) is 16.7. The monoisotopic (exact) mass is 563 g/mol. The number of carbonyl (C=O) groups excluding carboxylic acids is 1. The number of alkyl carbamates (subject to hydrolysis) is 1. The van der Waals surface area contributed by atoms with Crippen LogP contribution in [0.5, 0.6) is 5.75 Å². The molecule has 9 nitrogen and oxygen atoms in total. The van der Waals surface area contributed by atoms with E-state index in [1.54, 1.807) is 17.9 Å². The molecule has 5 rings (SSSR count). The number of hydrogen-bond acceptors (Lipinski definition) is 6. The fourth-order valence-corrected chi connectivity index (χ4v) is 5.23. The molecule has 40 heavy (non-hydrogen) atoms. The molecule has 1 atom stereocenters. The molecule has 1 aliphatic heterocycles. The molecular weight excluding hydrogens is 530 g/mol. The van der Waals surface area contributed by atoms with Gasteiger partial charge in [0.05, 0.1) is 24.9 Å². The van der Waals surface area contributed by atoms with Crippen LogP contribution in [0.15, 0.2) is 65.6 Å². The maximum atomic E-state index is 14.0. The molecule has 1 saturated heterocycles. The van der Waals surface area contributed by atoms with E-state index in [0.717, 1.165) is 24.9 Å². The van der Waals surface area contributed by atoms with Crippen LogP contribution in [0.1, 0.15) is 39.2 Å². The van der Waals surface area contributed by atoms with Gasteiger partial charge in [0.2, 0.25) is 5.95 Å². The number of anilines is 1. The lowest BCUT2D eigenvalue weighted by Crippen LogP contribution is -2.49. The van der Waals surface area contributed by atoms with E-state index in [2.05, 4.69) is 10.2 Å². The van der Waals surface area contributed by atoms with Gasteiger partial charge in [-0.05, 0) is 63.4 Å². The molecule has 1 fully saturated rings. The van der Waals surface area contributed by atoms with Crippen molar-refractivity contribution in [2.75, 3.05) is 25.1 Å². The number of aromatic nitrogens is 3. The number of nitrogens with one attached hydrogen (secondary N) is 1. The summed E-state index contributed by atoms with van der Waals surface area (Å²) >= 11 is 6.56. The maximum absolute atomic E-state index is 14.0. The lowest BCUT2D eigenvalue weighted by atomic mass is 10.1. The smallest absolute Gasteiger partial charge is 0.407 e. The zero-order valence-corrected chi connectivity index (χ0v) is 23.9. The van der Waals surface area contributed by atoms with Gasteiger partial charge < -0.3 is 24.3 Å². The Balaban J connectivity index is 1.56. The molecule has 0 radical (unpaired) electrons. The van der Waals surface area contributed by atoms with E-state index < -0.39 is 11.7 Å². The minimum absolute atomic E-state index is 0.120. The highest BCUT2D eigenvalue weighted by molar-refractivity contribution is 6.31. The molecular formula is C30H34ClN5O4. The summed E-state index contributed by atoms with van der Waals surface area (Å²) < 4.78 is 14.4. The third-order valence-corrected chi connectivity index (χ3v) is 7.19. The van der Waals surface area contributed by atoms with E-state index in [-0.39, 0.29) is 11.6 Å². The normalized spacial score (nSPS) is 15.7. The van der Waals surface area contributed by atoms with Gasteiger partial charge in [-0.1, -0.05) is 35.9 Å². The van der Waals surface area contributed by atoms with E-state index in [0.29, 0.717) is 46.5 Å². The van der Waals surface area contributed by atoms with E-state index >= 15 is 0 Å². The van der Waals surface area contributed by atoms with Gasteiger partial charge in [-0.3, -0.25) is 9.36 Å². The highest BCUT2D eigenvalue weighted by atomic mass is 35.5. The van der Waals surface area contributed by atoms with Crippen LogP contribution in [-0.4, -0.2) is 52.1 Å². The van der Waals surface area contributed by atoms with Gasteiger partial charge in [-0.25, -0.2) is 9.78 Å². The number of halogens is 1. The second kappa shape index (κ2) is 11.3. The van der Waals surface area contributed by atoms with Gasteiger partial charge in [0.15, 0.2) is 0 Å². The number of fused-ring (bicyclic) bond motifs is 1. The average molecular weight is 564 g/mol. The van der Waals surface area contributed by atoms with Crippen molar-refractivity contribution in [1.29, 1.82) is 0 Å². The van der Waals surface area contributed by atoms with E-state index in [9.17, 15) is 9.59 Å². The Bertz CT molecular complexity index is 1590. The summed E-state index contributed by atoms with van der Waals surface area (Å²) in [5.41, 5.74) is 1.86. The Morgan fingerprint density at radius 1 is 1.15 bits per heavy atom. The number of nitrogens with zero attached hydrogens (tertiary/aromatic N) is 4. The number of piperidine rings is 1. The minimum atomic E-state index is -0.579. The highest BCUT2D eigenvalue weighted by Gasteiger charge is 2.28. The van der Waals surface area contributed by atoms with Crippen LogP contribution in [0, 0.1) is 0 Å². The summed E-state index contributed by atoms with van der Waals surface area (Å²) in [7, 11) is 1.60. The third-order valence-electron chi connectivity index (χ3n) is 6.82. The van der Waals surface area contributed by atoms with Crippen LogP contribution in [0.4, 0.5) is 10.7 Å². The van der Waals surface area contributed by atoms with Crippen LogP contribution >= 0.6 is 11.6 Å². The molecule has 0 saturated carbocycles. The average Bonchev–Trinajstić information content (AvgIpc) is 3.28. The minimum Gasteiger partial charge on any atom is -0.497 e. The molecule has 0 aliphatic carbocycles. The van der Waals surface area contributed by atoms with E-state index in [1.165, 1.54) is 0 Å². The standard InChI is InChI=1S/C30H34ClN5O4/c1-30(2,3)40-29(38)32-21-10-8-15-34(19-21)28-33-25-14-16-35(22-11-7-12-23(17-22)39-4)27(37)26(25)36(28)18-20-9-5-6-13-24(20)31/h5-7,9,11-14,16-17,21H,8,10,15,18-19H2,1-4H3,(H,32,38)/t21-/m1/s1. The van der Waals surface area contributed by atoms with Gasteiger partial charge >= 0.3 is 6.09 Å². The van der Waals surface area contributed by atoms with Gasteiger partial charge in [0.25, 0.3) is 5.56 Å². The Labute approximate surface area is 238 Å². The first-order chi connectivity index (χ1) is 19.1. The van der Waals surface area contributed by atoms with Gasteiger partial charge in [0, 0.05) is 36.4 Å². The van der Waals surface area contributed by atoms with Crippen molar-refractivity contribution < 1.29 is 14.3 Å². The summed E-state index contributed by atoms with van der Waals surface area (Å²) in [4.78, 5) is 33.5. The molecule has 2 aromatic carbocycles. The summed E-state index contributed by atoms with van der Waals surface area (Å²) in [5.74, 6) is 1.32. The number of rotatable bonds is 6. The number of hydrogen-bond donors (Lipinski definition) is 1. The number of carbonyl (C=O) groups is 1. The van der Waals surface area contributed by atoms with Crippen molar-refractivity contribution in [3.8, 4) is 11.4 Å². The maximum Gasteiger partial charge on any atom is 0.407 e. The number of imidazole rings is 1. The predicted octanol–water partition coefficient (Wildman–Crippen LogP) is 5.39. The Kier molecular flexibility index (Phi) is 7.76. The predicted molar refractivity (Wildman–Crippen MR) is 157 cm³/mol. The molecule has 0 spiro atoms. The number of pyridine rings is 1. The van der Waals surface area contributed by atoms with Crippen LogP contribution in [-0.2, 0) is 11.3 Å². The van der Waals surface area contributed by atoms with Crippen LogP contribution < -0.4 is 20.5 Å². The number of ether oxygens (including phenoxy) is 2. The molecule has 0 unspecified atom stereocenters. The van der Waals surface area contributed by atoms with Crippen molar-refractivity contribution >= 4 is 34.7 Å². The summed E-state index contributed by atoms with van der Waals surface area (Å²) in [6.07, 6.45) is 2.97. The van der Waals surface area contributed by atoms with Crippen molar-refractivity contribution in [2.24, 2.45) is 0 Å². The molecule has 0 bridgehead atoms. The first-order valence-electron chi connectivity index (χ1n) is 13.4. The van der Waals surface area contributed by atoms with Crippen molar-refractivity contribution in [2.45, 2.75) is 51.8 Å². The van der Waals surface area contributed by atoms with Crippen LogP contribution in [0.3, 0.4) is 0 Å². The fraction of sp³-hybridized carbons (Fsp3) is 0.367. The number of benzene rings is 2. The fourth-order valence-electron chi connectivity index (χ4n) is 5.03.